The molecule has 2 aromatic rings. The van der Waals surface area contributed by atoms with Crippen LogP contribution in [0.2, 0.25) is 0 Å². The van der Waals surface area contributed by atoms with Gasteiger partial charge in [-0.05, 0) is 11.1 Å². The molecule has 0 radical (unpaired) electrons. The van der Waals surface area contributed by atoms with Crippen LogP contribution in [0.4, 0.5) is 0 Å². The summed E-state index contributed by atoms with van der Waals surface area (Å²) in [5.41, 5.74) is 2.35. The van der Waals surface area contributed by atoms with Crippen molar-refractivity contribution in [1.82, 2.24) is 0 Å². The van der Waals surface area contributed by atoms with Gasteiger partial charge < -0.3 is 0 Å². The lowest BCUT2D eigenvalue weighted by Crippen LogP contribution is -1.63. The van der Waals surface area contributed by atoms with Crippen LogP contribution in [0.25, 0.3) is 12.2 Å². The van der Waals surface area contributed by atoms with Crippen molar-refractivity contribution in [3.05, 3.63) is 123 Å². The first-order valence-electron chi connectivity index (χ1n) is 6.87. The topological polar surface area (TPSA) is 0 Å². The van der Waals surface area contributed by atoms with E-state index in [0.29, 0.717) is 0 Å². The number of hydrogen-bond acceptors (Lipinski definition) is 0. The predicted molar refractivity (Wildman–Crippen MR) is 105 cm³/mol. The SMILES string of the molecule is C=C.C=CC=C.C=Cc1ccccc1.C=Cc1ccccc1. The molecule has 0 saturated heterocycles. The lowest BCUT2D eigenvalue weighted by Gasteiger charge is -1.85. The van der Waals surface area contributed by atoms with Gasteiger partial charge in [0.05, 0.1) is 0 Å². The highest BCUT2D eigenvalue weighted by Gasteiger charge is 1.76. The van der Waals surface area contributed by atoms with Crippen LogP contribution >= 0.6 is 0 Å². The first-order chi connectivity index (χ1) is 10.8. The summed E-state index contributed by atoms with van der Waals surface area (Å²) in [5.74, 6) is 0. The Morgan fingerprint density at radius 3 is 0.909 bits per heavy atom. The van der Waals surface area contributed by atoms with Crippen molar-refractivity contribution in [1.29, 1.82) is 0 Å². The van der Waals surface area contributed by atoms with Crippen molar-refractivity contribution in [3.8, 4) is 0 Å². The molecule has 0 unspecified atom stereocenters. The summed E-state index contributed by atoms with van der Waals surface area (Å²) in [6.45, 7) is 20.0. The zero-order valence-corrected chi connectivity index (χ0v) is 13.3. The summed E-state index contributed by atoms with van der Waals surface area (Å²) in [7, 11) is 0. The highest BCUT2D eigenvalue weighted by atomic mass is 13.8. The predicted octanol–water partition coefficient (Wildman–Crippen LogP) is 6.82. The van der Waals surface area contributed by atoms with Crippen molar-refractivity contribution >= 4 is 12.2 Å². The number of hydrogen-bond donors (Lipinski definition) is 0. The Balaban J connectivity index is 0. The second kappa shape index (κ2) is 18.1. The molecule has 0 atom stereocenters. The largest absolute Gasteiger partial charge is 0.106 e. The summed E-state index contributed by atoms with van der Waals surface area (Å²) >= 11 is 0. The second-order valence-corrected chi connectivity index (χ2v) is 3.70. The van der Waals surface area contributed by atoms with E-state index in [1.807, 2.05) is 72.8 Å². The van der Waals surface area contributed by atoms with Gasteiger partial charge in [-0.25, -0.2) is 0 Å². The van der Waals surface area contributed by atoms with Gasteiger partial charge >= 0.3 is 0 Å². The molecule has 0 aromatic heterocycles. The fourth-order valence-corrected chi connectivity index (χ4v) is 1.18. The molecule has 0 aliphatic rings. The summed E-state index contributed by atoms with van der Waals surface area (Å²) < 4.78 is 0. The standard InChI is InChI=1S/2C8H8.C4H6.C2H4/c2*1-2-8-6-4-3-5-7-8;1-3-4-2;1-2/h2*2-7H,1H2;3-4H,1-2H2;1-2H2. The van der Waals surface area contributed by atoms with Crippen LogP contribution in [0.1, 0.15) is 11.1 Å². The molecule has 0 heteroatoms. The van der Waals surface area contributed by atoms with Crippen molar-refractivity contribution in [2.24, 2.45) is 0 Å². The first kappa shape index (κ1) is 21.4. The van der Waals surface area contributed by atoms with Gasteiger partial charge in [0, 0.05) is 0 Å². The minimum absolute atomic E-state index is 1.17. The third kappa shape index (κ3) is 13.6. The van der Waals surface area contributed by atoms with Gasteiger partial charge in [-0.2, -0.15) is 0 Å². The minimum atomic E-state index is 1.17. The average Bonchev–Trinajstić information content (AvgIpc) is 2.65. The fraction of sp³-hybridized carbons (Fsp3) is 0. The number of rotatable bonds is 3. The Morgan fingerprint density at radius 1 is 0.500 bits per heavy atom. The van der Waals surface area contributed by atoms with Crippen molar-refractivity contribution in [3.63, 3.8) is 0 Å². The number of benzene rings is 2. The second-order valence-electron chi connectivity index (χ2n) is 3.70. The van der Waals surface area contributed by atoms with Gasteiger partial charge in [-0.15, -0.1) is 13.2 Å². The highest BCUT2D eigenvalue weighted by Crippen LogP contribution is 1.98. The maximum absolute atomic E-state index is 3.63. The average molecular weight is 290 g/mol. The summed E-state index contributed by atoms with van der Waals surface area (Å²) in [6, 6.07) is 20.1. The molecule has 0 aliphatic heterocycles. The Hall–Kier alpha value is -2.86. The van der Waals surface area contributed by atoms with Gasteiger partial charge in [0.2, 0.25) is 0 Å². The Kier molecular flexibility index (Phi) is 17.7. The molecule has 0 aliphatic carbocycles. The lowest BCUT2D eigenvalue weighted by molar-refractivity contribution is 1.67. The summed E-state index contributed by atoms with van der Waals surface area (Å²) in [5, 5.41) is 0. The zero-order chi connectivity index (χ0) is 17.1. The van der Waals surface area contributed by atoms with E-state index < -0.39 is 0 Å². The molecule has 22 heavy (non-hydrogen) atoms. The molecule has 0 bridgehead atoms. The molecule has 0 saturated carbocycles. The lowest BCUT2D eigenvalue weighted by atomic mass is 10.2. The third-order valence-corrected chi connectivity index (χ3v) is 2.24. The van der Waals surface area contributed by atoms with E-state index in [9.17, 15) is 0 Å². The smallest absolute Gasteiger partial charge is 0.0263 e. The molecular formula is C22H26. The minimum Gasteiger partial charge on any atom is -0.106 e. The normalized spacial score (nSPS) is 7.27. The van der Waals surface area contributed by atoms with Gasteiger partial charge in [0.1, 0.15) is 0 Å². The summed E-state index contributed by atoms with van der Waals surface area (Å²) in [4.78, 5) is 0. The summed E-state index contributed by atoms with van der Waals surface area (Å²) in [6.07, 6.45) is 6.94. The van der Waals surface area contributed by atoms with Crippen LogP contribution < -0.4 is 0 Å². The molecular weight excluding hydrogens is 264 g/mol. The Morgan fingerprint density at radius 2 is 0.773 bits per heavy atom. The van der Waals surface area contributed by atoms with E-state index in [-0.39, 0.29) is 0 Å². The quantitative estimate of drug-likeness (QED) is 0.430. The maximum Gasteiger partial charge on any atom is -0.0263 e. The molecule has 114 valence electrons. The van der Waals surface area contributed by atoms with E-state index >= 15 is 0 Å². The molecule has 0 amide bonds. The van der Waals surface area contributed by atoms with Crippen LogP contribution in [0, 0.1) is 0 Å². The maximum atomic E-state index is 3.63. The van der Waals surface area contributed by atoms with Crippen molar-refractivity contribution in [2.75, 3.05) is 0 Å². The van der Waals surface area contributed by atoms with E-state index in [4.69, 9.17) is 0 Å². The first-order valence-corrected chi connectivity index (χ1v) is 6.87. The molecule has 0 N–H and O–H groups in total. The van der Waals surface area contributed by atoms with Crippen LogP contribution in [-0.2, 0) is 0 Å². The Labute approximate surface area is 136 Å². The number of allylic oxidation sites excluding steroid dienone is 2. The van der Waals surface area contributed by atoms with Crippen LogP contribution in [0.3, 0.4) is 0 Å². The van der Waals surface area contributed by atoms with Gasteiger partial charge in [-0.1, -0.05) is 111 Å². The van der Waals surface area contributed by atoms with E-state index in [1.54, 1.807) is 12.2 Å². The van der Waals surface area contributed by atoms with Crippen LogP contribution in [-0.4, -0.2) is 0 Å². The van der Waals surface area contributed by atoms with Gasteiger partial charge in [0.15, 0.2) is 0 Å². The molecule has 0 fully saturated rings. The zero-order valence-electron chi connectivity index (χ0n) is 13.3. The third-order valence-electron chi connectivity index (χ3n) is 2.24. The van der Waals surface area contributed by atoms with Gasteiger partial charge in [-0.3, -0.25) is 0 Å². The van der Waals surface area contributed by atoms with E-state index in [0.717, 1.165) is 0 Å². The molecule has 0 spiro atoms. The van der Waals surface area contributed by atoms with E-state index in [2.05, 4.69) is 39.5 Å². The monoisotopic (exact) mass is 290 g/mol. The van der Waals surface area contributed by atoms with Crippen molar-refractivity contribution in [2.45, 2.75) is 0 Å². The Bertz CT molecular complexity index is 457. The van der Waals surface area contributed by atoms with Gasteiger partial charge in [0.25, 0.3) is 0 Å². The van der Waals surface area contributed by atoms with E-state index in [1.165, 1.54) is 11.1 Å². The van der Waals surface area contributed by atoms with Crippen molar-refractivity contribution < 1.29 is 0 Å². The molecule has 0 nitrogen and oxygen atoms in total. The highest BCUT2D eigenvalue weighted by molar-refractivity contribution is 5.46. The molecule has 0 heterocycles. The molecule has 2 aromatic carbocycles. The fourth-order valence-electron chi connectivity index (χ4n) is 1.18. The van der Waals surface area contributed by atoms with Crippen LogP contribution in [0.15, 0.2) is 112 Å². The molecule has 2 rings (SSSR count). The van der Waals surface area contributed by atoms with Crippen LogP contribution in [0.5, 0.6) is 0 Å².